The van der Waals surface area contributed by atoms with Gasteiger partial charge in [0.15, 0.2) is 5.11 Å². The molecule has 4 nitrogen and oxygen atoms in total. The molecule has 0 spiro atoms. The summed E-state index contributed by atoms with van der Waals surface area (Å²) in [6.45, 7) is 3.93. The van der Waals surface area contributed by atoms with Gasteiger partial charge >= 0.3 is 0 Å². The highest BCUT2D eigenvalue weighted by atomic mass is 32.1. The van der Waals surface area contributed by atoms with Crippen LogP contribution >= 0.6 is 12.2 Å². The molecule has 2 unspecified atom stereocenters. The largest absolute Gasteiger partial charge is 0.389 e. The lowest BCUT2D eigenvalue weighted by atomic mass is 10.00. The Labute approximate surface area is 172 Å². The molecule has 0 saturated heterocycles. The molecule has 3 rings (SSSR count). The van der Waals surface area contributed by atoms with E-state index in [1.807, 2.05) is 30.3 Å². The summed E-state index contributed by atoms with van der Waals surface area (Å²) in [4.78, 5) is 14.7. The van der Waals surface area contributed by atoms with E-state index in [4.69, 9.17) is 12.2 Å². The molecule has 1 saturated carbocycles. The number of nitrogens with zero attached hydrogens (tertiary/aromatic N) is 1. The maximum Gasteiger partial charge on any atom is 0.257 e. The molecule has 0 bridgehead atoms. The predicted octanol–water partition coefficient (Wildman–Crippen LogP) is 4.24. The first-order chi connectivity index (χ1) is 13.5. The van der Waals surface area contributed by atoms with Gasteiger partial charge in [0.05, 0.1) is 6.10 Å². The van der Waals surface area contributed by atoms with E-state index < -0.39 is 6.10 Å². The van der Waals surface area contributed by atoms with Crippen LogP contribution in [0.5, 0.6) is 0 Å². The highest BCUT2D eigenvalue weighted by molar-refractivity contribution is 7.80. The Morgan fingerprint density at radius 3 is 2.36 bits per heavy atom. The van der Waals surface area contributed by atoms with Gasteiger partial charge in [0.2, 0.25) is 0 Å². The third-order valence-electron chi connectivity index (χ3n) is 5.23. The molecule has 1 aliphatic rings. The van der Waals surface area contributed by atoms with Crippen molar-refractivity contribution in [1.29, 1.82) is 0 Å². The zero-order chi connectivity index (χ0) is 20.1. The smallest absolute Gasteiger partial charge is 0.257 e. The molecule has 5 heteroatoms. The van der Waals surface area contributed by atoms with Crippen LogP contribution in [0.15, 0.2) is 54.6 Å². The third-order valence-corrected chi connectivity index (χ3v) is 5.54. The maximum atomic E-state index is 12.5. The Balaban J connectivity index is 1.70. The minimum Gasteiger partial charge on any atom is -0.389 e. The number of hydrogen-bond donors (Lipinski definition) is 2. The van der Waals surface area contributed by atoms with Gasteiger partial charge in [-0.25, -0.2) is 0 Å². The van der Waals surface area contributed by atoms with Crippen molar-refractivity contribution < 1.29 is 9.90 Å². The molecule has 1 aliphatic carbocycles. The summed E-state index contributed by atoms with van der Waals surface area (Å²) in [6.07, 6.45) is 3.56. The molecule has 0 aromatic heterocycles. The molecule has 148 valence electrons. The van der Waals surface area contributed by atoms with Crippen LogP contribution in [-0.2, 0) is 6.42 Å². The Kier molecular flexibility index (Phi) is 6.81. The van der Waals surface area contributed by atoms with Gasteiger partial charge in [0.25, 0.3) is 5.91 Å². The lowest BCUT2D eigenvalue weighted by Crippen LogP contribution is -2.49. The molecule has 28 heavy (non-hydrogen) atoms. The second-order valence-corrected chi connectivity index (χ2v) is 7.83. The molecular formula is C23H28N2O2S. The third kappa shape index (κ3) is 5.18. The summed E-state index contributed by atoms with van der Waals surface area (Å²) in [5.41, 5.74) is 2.74. The number of thiocarbonyl (C=S) groups is 1. The highest BCUT2D eigenvalue weighted by Crippen LogP contribution is 2.31. The minimum atomic E-state index is -0.459. The molecule has 1 amide bonds. The van der Waals surface area contributed by atoms with Crippen molar-refractivity contribution in [3.63, 3.8) is 0 Å². The number of amides is 1. The van der Waals surface area contributed by atoms with Crippen LogP contribution in [0.25, 0.3) is 0 Å². The number of rotatable bonds is 7. The maximum absolute atomic E-state index is 12.5. The molecule has 1 fully saturated rings. The molecule has 2 atom stereocenters. The van der Waals surface area contributed by atoms with E-state index in [9.17, 15) is 9.90 Å². The lowest BCUT2D eigenvalue weighted by molar-refractivity contribution is 0.0971. The van der Waals surface area contributed by atoms with E-state index >= 15 is 0 Å². The van der Waals surface area contributed by atoms with Crippen LogP contribution in [0.1, 0.15) is 60.7 Å². The molecule has 2 aromatic carbocycles. The monoisotopic (exact) mass is 396 g/mol. The van der Waals surface area contributed by atoms with Crippen LogP contribution in [0, 0.1) is 0 Å². The number of aliphatic hydroxyl groups excluding tert-OH is 1. The van der Waals surface area contributed by atoms with Gasteiger partial charge in [0.1, 0.15) is 0 Å². The van der Waals surface area contributed by atoms with Crippen molar-refractivity contribution in [3.8, 4) is 0 Å². The van der Waals surface area contributed by atoms with Crippen LogP contribution in [0.4, 0.5) is 0 Å². The van der Waals surface area contributed by atoms with E-state index in [1.54, 1.807) is 19.1 Å². The normalized spacial score (nSPS) is 15.5. The van der Waals surface area contributed by atoms with Gasteiger partial charge in [-0.05, 0) is 68.1 Å². The van der Waals surface area contributed by atoms with Crippen molar-refractivity contribution in [3.05, 3.63) is 71.3 Å². The molecule has 0 aliphatic heterocycles. The number of carbonyl (C=O) groups excluding carboxylic acids is 1. The van der Waals surface area contributed by atoms with E-state index in [1.165, 1.54) is 5.56 Å². The SMILES string of the molecule is CCC(Cc1ccc(C(C)O)cc1)N(C(=S)NC(=O)c1ccccc1)C1CC1. The Morgan fingerprint density at radius 2 is 1.82 bits per heavy atom. The molecule has 0 radical (unpaired) electrons. The summed E-state index contributed by atoms with van der Waals surface area (Å²) in [5, 5.41) is 13.1. The topological polar surface area (TPSA) is 52.6 Å². The lowest BCUT2D eigenvalue weighted by Gasteiger charge is -2.33. The Morgan fingerprint density at radius 1 is 1.18 bits per heavy atom. The summed E-state index contributed by atoms with van der Waals surface area (Å²) in [5.74, 6) is -0.160. The fraction of sp³-hybridized carbons (Fsp3) is 0.391. The van der Waals surface area contributed by atoms with Gasteiger partial charge in [-0.1, -0.05) is 49.4 Å². The summed E-state index contributed by atoms with van der Waals surface area (Å²) in [7, 11) is 0. The van der Waals surface area contributed by atoms with Crippen LogP contribution in [0.2, 0.25) is 0 Å². The summed E-state index contributed by atoms with van der Waals surface area (Å²) < 4.78 is 0. The number of aliphatic hydroxyl groups is 1. The standard InChI is InChI=1S/C23H28N2O2S/c1-3-20(15-17-9-11-18(12-10-17)16(2)26)25(21-13-14-21)23(28)24-22(27)19-7-5-4-6-8-19/h4-12,16,20-21,26H,3,13-15H2,1-2H3,(H,24,27,28). The Hall–Kier alpha value is -2.24. The van der Waals surface area contributed by atoms with Gasteiger partial charge in [-0.15, -0.1) is 0 Å². The first kappa shape index (κ1) is 20.5. The van der Waals surface area contributed by atoms with E-state index in [0.29, 0.717) is 16.7 Å². The van der Waals surface area contributed by atoms with Gasteiger partial charge in [0, 0.05) is 17.6 Å². The first-order valence-electron chi connectivity index (χ1n) is 9.95. The van der Waals surface area contributed by atoms with Crippen molar-refractivity contribution in [2.75, 3.05) is 0 Å². The average Bonchev–Trinajstić information content (AvgIpc) is 3.53. The van der Waals surface area contributed by atoms with Gasteiger partial charge in [-0.3, -0.25) is 10.1 Å². The van der Waals surface area contributed by atoms with E-state index in [-0.39, 0.29) is 11.9 Å². The van der Waals surface area contributed by atoms with Crippen molar-refractivity contribution in [1.82, 2.24) is 10.2 Å². The molecule has 2 N–H and O–H groups in total. The second kappa shape index (κ2) is 9.30. The quantitative estimate of drug-likeness (QED) is 0.688. The number of nitrogens with one attached hydrogen (secondary N) is 1. The van der Waals surface area contributed by atoms with Crippen molar-refractivity contribution in [2.45, 2.75) is 57.7 Å². The van der Waals surface area contributed by atoms with Crippen LogP contribution in [-0.4, -0.2) is 33.1 Å². The van der Waals surface area contributed by atoms with Gasteiger partial charge < -0.3 is 10.0 Å². The molecular weight excluding hydrogens is 368 g/mol. The Bertz CT molecular complexity index is 801. The average molecular weight is 397 g/mol. The zero-order valence-corrected chi connectivity index (χ0v) is 17.3. The van der Waals surface area contributed by atoms with Crippen molar-refractivity contribution in [2.24, 2.45) is 0 Å². The van der Waals surface area contributed by atoms with Crippen LogP contribution in [0.3, 0.4) is 0 Å². The zero-order valence-electron chi connectivity index (χ0n) is 16.5. The summed E-state index contributed by atoms with van der Waals surface area (Å²) in [6, 6.07) is 17.9. The van der Waals surface area contributed by atoms with Crippen LogP contribution < -0.4 is 5.32 Å². The van der Waals surface area contributed by atoms with E-state index in [0.717, 1.165) is 31.2 Å². The fourth-order valence-corrected chi connectivity index (χ4v) is 3.84. The van der Waals surface area contributed by atoms with Crippen molar-refractivity contribution >= 4 is 23.2 Å². The molecule has 2 aromatic rings. The predicted molar refractivity (Wildman–Crippen MR) is 116 cm³/mol. The second-order valence-electron chi connectivity index (χ2n) is 7.45. The number of benzene rings is 2. The minimum absolute atomic E-state index is 0.160. The number of carbonyl (C=O) groups is 1. The first-order valence-corrected chi connectivity index (χ1v) is 10.4. The summed E-state index contributed by atoms with van der Waals surface area (Å²) >= 11 is 5.64. The fourth-order valence-electron chi connectivity index (χ4n) is 3.45. The highest BCUT2D eigenvalue weighted by Gasteiger charge is 2.35. The van der Waals surface area contributed by atoms with E-state index in [2.05, 4.69) is 29.3 Å². The van der Waals surface area contributed by atoms with Gasteiger partial charge in [-0.2, -0.15) is 0 Å². The molecule has 0 heterocycles. The number of hydrogen-bond acceptors (Lipinski definition) is 3.